The van der Waals surface area contributed by atoms with Gasteiger partial charge in [-0.15, -0.1) is 0 Å². The number of carbonyl (C=O) groups is 1. The van der Waals surface area contributed by atoms with Gasteiger partial charge in [-0.05, 0) is 42.3 Å². The molecule has 1 aliphatic rings. The monoisotopic (exact) mass is 414 g/mol. The number of methoxy groups -OCH3 is 3. The normalized spacial score (nSPS) is 17.5. The molecule has 1 aliphatic heterocycles. The summed E-state index contributed by atoms with van der Waals surface area (Å²) >= 11 is 1.62. The van der Waals surface area contributed by atoms with Crippen molar-refractivity contribution in [1.82, 2.24) is 4.90 Å². The molecule has 2 aromatic rings. The van der Waals surface area contributed by atoms with Gasteiger partial charge in [0, 0.05) is 11.8 Å². The minimum absolute atomic E-state index is 0.0115. The van der Waals surface area contributed by atoms with Crippen molar-refractivity contribution in [2.45, 2.75) is 25.5 Å². The van der Waals surface area contributed by atoms with Crippen molar-refractivity contribution in [3.8, 4) is 17.2 Å². The number of amides is 1. The van der Waals surface area contributed by atoms with Crippen molar-refractivity contribution in [2.75, 3.05) is 27.9 Å². The minimum Gasteiger partial charge on any atom is -0.493 e. The summed E-state index contributed by atoms with van der Waals surface area (Å²) in [5.74, 6) is 1.57. The Morgan fingerprint density at radius 1 is 1.14 bits per heavy atom. The van der Waals surface area contributed by atoms with Gasteiger partial charge in [0.2, 0.25) is 11.7 Å². The summed E-state index contributed by atoms with van der Waals surface area (Å²) in [6.45, 7) is 4.77. The highest BCUT2D eigenvalue weighted by Crippen LogP contribution is 2.38. The molecule has 0 bridgehead atoms. The number of hydrogen-bond acceptors (Lipinski definition) is 6. The molecule has 0 aliphatic carbocycles. The zero-order valence-corrected chi connectivity index (χ0v) is 18.2. The molecule has 154 valence electrons. The van der Waals surface area contributed by atoms with E-state index in [1.165, 1.54) is 0 Å². The molecule has 1 amide bonds. The van der Waals surface area contributed by atoms with E-state index in [0.29, 0.717) is 29.0 Å². The van der Waals surface area contributed by atoms with Crippen molar-refractivity contribution in [2.24, 2.45) is 4.99 Å². The Hall–Kier alpha value is -2.67. The van der Waals surface area contributed by atoms with Crippen LogP contribution in [0.4, 0.5) is 5.69 Å². The Balaban J connectivity index is 1.85. The van der Waals surface area contributed by atoms with Gasteiger partial charge in [-0.25, -0.2) is 4.99 Å². The van der Waals surface area contributed by atoms with E-state index in [0.717, 1.165) is 22.0 Å². The standard InChI is InChI=1S/C22H26N2O4S/c1-14-7-6-8-17(9-14)23-22-24(13-15(2)29-22)20(25)12-16-10-18(26-3)21(28-5)19(11-16)27-4/h6-11,15H,12-13H2,1-5H3/t15-/m0/s1. The third-order valence-electron chi connectivity index (χ3n) is 4.58. The number of ether oxygens (including phenoxy) is 3. The maximum Gasteiger partial charge on any atom is 0.233 e. The number of thioether (sulfide) groups is 1. The van der Waals surface area contributed by atoms with E-state index < -0.39 is 0 Å². The van der Waals surface area contributed by atoms with Gasteiger partial charge in [0.05, 0.1) is 33.4 Å². The fraction of sp³-hybridized carbons (Fsp3) is 0.364. The first kappa shape index (κ1) is 21.0. The summed E-state index contributed by atoms with van der Waals surface area (Å²) in [4.78, 5) is 19.6. The van der Waals surface area contributed by atoms with Gasteiger partial charge in [0.25, 0.3) is 0 Å². The fourth-order valence-corrected chi connectivity index (χ4v) is 4.27. The summed E-state index contributed by atoms with van der Waals surface area (Å²) in [6, 6.07) is 11.6. The molecule has 0 spiro atoms. The first-order valence-electron chi connectivity index (χ1n) is 9.36. The topological polar surface area (TPSA) is 60.4 Å². The molecular weight excluding hydrogens is 388 g/mol. The quantitative estimate of drug-likeness (QED) is 0.708. The fourth-order valence-electron chi connectivity index (χ4n) is 3.23. The van der Waals surface area contributed by atoms with Crippen LogP contribution in [0.1, 0.15) is 18.1 Å². The number of nitrogens with zero attached hydrogens (tertiary/aromatic N) is 2. The zero-order chi connectivity index (χ0) is 21.0. The van der Waals surface area contributed by atoms with E-state index in [4.69, 9.17) is 19.2 Å². The van der Waals surface area contributed by atoms with Gasteiger partial charge >= 0.3 is 0 Å². The van der Waals surface area contributed by atoms with Crippen LogP contribution in [-0.4, -0.2) is 49.1 Å². The number of aryl methyl sites for hydroxylation is 1. The number of hydrogen-bond donors (Lipinski definition) is 0. The highest BCUT2D eigenvalue weighted by molar-refractivity contribution is 8.14. The molecule has 7 heteroatoms. The highest BCUT2D eigenvalue weighted by atomic mass is 32.2. The lowest BCUT2D eigenvalue weighted by Gasteiger charge is -2.18. The van der Waals surface area contributed by atoms with Crippen LogP contribution in [0.25, 0.3) is 0 Å². The molecule has 0 saturated carbocycles. The summed E-state index contributed by atoms with van der Waals surface area (Å²) in [5.41, 5.74) is 2.79. The molecule has 1 atom stereocenters. The lowest BCUT2D eigenvalue weighted by atomic mass is 10.1. The lowest BCUT2D eigenvalue weighted by Crippen LogP contribution is -2.33. The van der Waals surface area contributed by atoms with Crippen LogP contribution in [0.5, 0.6) is 17.2 Å². The van der Waals surface area contributed by atoms with E-state index >= 15 is 0 Å². The second kappa shape index (κ2) is 9.22. The van der Waals surface area contributed by atoms with Gasteiger partial charge in [-0.3, -0.25) is 9.69 Å². The van der Waals surface area contributed by atoms with Crippen molar-refractivity contribution >= 4 is 28.5 Å². The van der Waals surface area contributed by atoms with Crippen LogP contribution in [0, 0.1) is 6.92 Å². The van der Waals surface area contributed by atoms with Crippen LogP contribution in [0.3, 0.4) is 0 Å². The summed E-state index contributed by atoms with van der Waals surface area (Å²) < 4.78 is 16.2. The van der Waals surface area contributed by atoms with E-state index in [-0.39, 0.29) is 12.3 Å². The van der Waals surface area contributed by atoms with Crippen LogP contribution in [0.15, 0.2) is 41.4 Å². The lowest BCUT2D eigenvalue weighted by molar-refractivity contribution is -0.126. The third-order valence-corrected chi connectivity index (χ3v) is 5.66. The molecule has 1 heterocycles. The van der Waals surface area contributed by atoms with E-state index in [1.54, 1.807) is 38.0 Å². The predicted molar refractivity (Wildman–Crippen MR) is 117 cm³/mol. The van der Waals surface area contributed by atoms with Crippen LogP contribution in [0.2, 0.25) is 0 Å². The molecule has 29 heavy (non-hydrogen) atoms. The zero-order valence-electron chi connectivity index (χ0n) is 17.4. The van der Waals surface area contributed by atoms with Gasteiger partial charge < -0.3 is 14.2 Å². The van der Waals surface area contributed by atoms with Crippen LogP contribution >= 0.6 is 11.8 Å². The molecule has 0 radical (unpaired) electrons. The van der Waals surface area contributed by atoms with Gasteiger partial charge in [0.15, 0.2) is 16.7 Å². The maximum absolute atomic E-state index is 13.1. The SMILES string of the molecule is COc1cc(CC(=O)N2C[C@H](C)SC2=Nc2cccc(C)c2)cc(OC)c1OC. The molecule has 3 rings (SSSR count). The van der Waals surface area contributed by atoms with Crippen molar-refractivity contribution in [1.29, 1.82) is 0 Å². The Morgan fingerprint density at radius 2 is 1.83 bits per heavy atom. The first-order chi connectivity index (χ1) is 13.9. The molecule has 0 aromatic heterocycles. The van der Waals surface area contributed by atoms with Gasteiger partial charge in [0.1, 0.15) is 0 Å². The Bertz CT molecular complexity index is 904. The summed E-state index contributed by atoms with van der Waals surface area (Å²) in [6.07, 6.45) is 0.219. The number of benzene rings is 2. The Kier molecular flexibility index (Phi) is 6.69. The second-order valence-corrected chi connectivity index (χ2v) is 8.28. The number of aliphatic imine (C=N–C) groups is 1. The molecule has 6 nitrogen and oxygen atoms in total. The predicted octanol–water partition coefficient (Wildman–Crippen LogP) is 4.21. The van der Waals surface area contributed by atoms with Gasteiger partial charge in [-0.2, -0.15) is 0 Å². The minimum atomic E-state index is -0.0115. The Morgan fingerprint density at radius 3 is 2.41 bits per heavy atom. The third kappa shape index (κ3) is 4.85. The van der Waals surface area contributed by atoms with Crippen molar-refractivity contribution in [3.05, 3.63) is 47.5 Å². The molecule has 0 N–H and O–H groups in total. The Labute approximate surface area is 175 Å². The molecular formula is C22H26N2O4S. The van der Waals surface area contributed by atoms with Crippen molar-refractivity contribution in [3.63, 3.8) is 0 Å². The first-order valence-corrected chi connectivity index (χ1v) is 10.2. The number of amidine groups is 1. The highest BCUT2D eigenvalue weighted by Gasteiger charge is 2.31. The van der Waals surface area contributed by atoms with Crippen LogP contribution < -0.4 is 14.2 Å². The van der Waals surface area contributed by atoms with Gasteiger partial charge in [-0.1, -0.05) is 30.8 Å². The smallest absolute Gasteiger partial charge is 0.233 e. The second-order valence-electron chi connectivity index (χ2n) is 6.88. The number of rotatable bonds is 6. The molecule has 1 saturated heterocycles. The number of carbonyl (C=O) groups excluding carboxylic acids is 1. The molecule has 1 fully saturated rings. The van der Waals surface area contributed by atoms with Crippen LogP contribution in [-0.2, 0) is 11.2 Å². The maximum atomic E-state index is 13.1. The van der Waals surface area contributed by atoms with E-state index in [9.17, 15) is 4.79 Å². The largest absolute Gasteiger partial charge is 0.493 e. The summed E-state index contributed by atoms with van der Waals surface area (Å²) in [7, 11) is 4.69. The molecule has 2 aromatic carbocycles. The molecule has 0 unspecified atom stereocenters. The summed E-state index contributed by atoms with van der Waals surface area (Å²) in [5, 5.41) is 1.03. The average molecular weight is 415 g/mol. The van der Waals surface area contributed by atoms with E-state index in [2.05, 4.69) is 6.92 Å². The average Bonchev–Trinajstić information content (AvgIpc) is 3.07. The van der Waals surface area contributed by atoms with Crippen molar-refractivity contribution < 1.29 is 19.0 Å². The van der Waals surface area contributed by atoms with E-state index in [1.807, 2.05) is 43.3 Å².